The van der Waals surface area contributed by atoms with E-state index in [9.17, 15) is 8.42 Å². The van der Waals surface area contributed by atoms with Crippen LogP contribution in [0.3, 0.4) is 0 Å². The second-order valence-electron chi connectivity index (χ2n) is 5.09. The van der Waals surface area contributed by atoms with Crippen molar-refractivity contribution in [3.8, 4) is 0 Å². The van der Waals surface area contributed by atoms with Gasteiger partial charge in [0.15, 0.2) is 9.84 Å². The minimum Gasteiger partial charge on any atom is -0.228 e. The Bertz CT molecular complexity index is 391. The SMILES string of the molecule is CC1(C)[C@@H]2[C@H]([C@H]3C=C[C@H]2C3)S1(=O)=O. The molecule has 1 saturated carbocycles. The Morgan fingerprint density at radius 3 is 2.46 bits per heavy atom. The molecule has 2 aliphatic carbocycles. The highest BCUT2D eigenvalue weighted by atomic mass is 32.2. The minimum atomic E-state index is -2.82. The largest absolute Gasteiger partial charge is 0.228 e. The number of hydrogen-bond donors (Lipinski definition) is 0. The zero-order valence-corrected chi connectivity index (χ0v) is 8.71. The van der Waals surface area contributed by atoms with Crippen LogP contribution in [-0.2, 0) is 9.84 Å². The summed E-state index contributed by atoms with van der Waals surface area (Å²) in [6, 6.07) is 0. The van der Waals surface area contributed by atoms with Gasteiger partial charge < -0.3 is 0 Å². The molecule has 3 aliphatic rings. The van der Waals surface area contributed by atoms with E-state index in [0.29, 0.717) is 17.8 Å². The predicted molar refractivity (Wildman–Crippen MR) is 51.0 cm³/mol. The van der Waals surface area contributed by atoms with Gasteiger partial charge in [0.05, 0.1) is 10.00 Å². The maximum atomic E-state index is 11.9. The van der Waals surface area contributed by atoms with Crippen LogP contribution in [0.2, 0.25) is 0 Å². The second-order valence-corrected chi connectivity index (χ2v) is 7.77. The van der Waals surface area contributed by atoms with Crippen LogP contribution in [0.15, 0.2) is 12.2 Å². The molecule has 0 aromatic carbocycles. The van der Waals surface area contributed by atoms with Gasteiger partial charge in [-0.2, -0.15) is 0 Å². The van der Waals surface area contributed by atoms with E-state index in [2.05, 4.69) is 12.2 Å². The molecule has 0 unspecified atom stereocenters. The van der Waals surface area contributed by atoms with Crippen LogP contribution in [0.4, 0.5) is 0 Å². The first-order chi connectivity index (χ1) is 5.96. The normalized spacial score (nSPS) is 53.1. The molecule has 0 aromatic rings. The number of sulfone groups is 1. The van der Waals surface area contributed by atoms with Crippen molar-refractivity contribution in [3.05, 3.63) is 12.2 Å². The van der Waals surface area contributed by atoms with E-state index in [-0.39, 0.29) is 5.25 Å². The van der Waals surface area contributed by atoms with Crippen LogP contribution in [-0.4, -0.2) is 18.4 Å². The maximum Gasteiger partial charge on any atom is 0.159 e. The lowest BCUT2D eigenvalue weighted by atomic mass is 9.81. The summed E-state index contributed by atoms with van der Waals surface area (Å²) in [4.78, 5) is 0. The Hall–Kier alpha value is -0.310. The van der Waals surface area contributed by atoms with E-state index >= 15 is 0 Å². The highest BCUT2D eigenvalue weighted by Gasteiger charge is 2.69. The molecule has 3 heteroatoms. The first-order valence-electron chi connectivity index (χ1n) is 4.88. The van der Waals surface area contributed by atoms with Gasteiger partial charge in [-0.3, -0.25) is 0 Å². The topological polar surface area (TPSA) is 34.1 Å². The van der Waals surface area contributed by atoms with Crippen LogP contribution in [0.1, 0.15) is 20.3 Å². The van der Waals surface area contributed by atoms with Crippen molar-refractivity contribution in [2.45, 2.75) is 30.3 Å². The Morgan fingerprint density at radius 2 is 1.85 bits per heavy atom. The molecule has 0 aromatic heterocycles. The summed E-state index contributed by atoms with van der Waals surface area (Å²) in [5.41, 5.74) is 0. The standard InChI is InChI=1S/C10H14O2S/c1-10(2)8-6-3-4-7(5-6)9(8)13(10,11)12/h3-4,6-9H,5H2,1-2H3/t6-,7-,8-,9-/m0/s1. The van der Waals surface area contributed by atoms with Gasteiger partial charge >= 0.3 is 0 Å². The fourth-order valence-corrected chi connectivity index (χ4v) is 6.35. The number of fused-ring (bicyclic) bond motifs is 5. The Morgan fingerprint density at radius 1 is 1.23 bits per heavy atom. The minimum absolute atomic E-state index is 0.0301. The second kappa shape index (κ2) is 1.88. The molecule has 2 bridgehead atoms. The summed E-state index contributed by atoms with van der Waals surface area (Å²) < 4.78 is 23.4. The van der Waals surface area contributed by atoms with Gasteiger partial charge in [-0.25, -0.2) is 8.42 Å². The van der Waals surface area contributed by atoms with Crippen LogP contribution in [0.25, 0.3) is 0 Å². The Labute approximate surface area is 78.9 Å². The average molecular weight is 198 g/mol. The fourth-order valence-electron chi connectivity index (χ4n) is 3.58. The molecule has 1 aliphatic heterocycles. The lowest BCUT2D eigenvalue weighted by Gasteiger charge is -2.51. The van der Waals surface area contributed by atoms with Gasteiger partial charge in [0.25, 0.3) is 0 Å². The summed E-state index contributed by atoms with van der Waals surface area (Å²) in [7, 11) is -2.82. The van der Waals surface area contributed by atoms with Gasteiger partial charge in [-0.1, -0.05) is 12.2 Å². The van der Waals surface area contributed by atoms with Crippen LogP contribution < -0.4 is 0 Å². The molecule has 4 atom stereocenters. The smallest absolute Gasteiger partial charge is 0.159 e. The molecule has 0 amide bonds. The third-order valence-corrected chi connectivity index (χ3v) is 7.38. The van der Waals surface area contributed by atoms with E-state index in [1.54, 1.807) is 0 Å². The molecule has 72 valence electrons. The van der Waals surface area contributed by atoms with Crippen LogP contribution >= 0.6 is 0 Å². The molecule has 2 nitrogen and oxygen atoms in total. The van der Waals surface area contributed by atoms with Gasteiger partial charge in [0, 0.05) is 5.92 Å². The highest BCUT2D eigenvalue weighted by molar-refractivity contribution is 7.95. The summed E-state index contributed by atoms with van der Waals surface area (Å²) in [6.45, 7) is 3.77. The molecule has 0 radical (unpaired) electrons. The molecule has 0 N–H and O–H groups in total. The lowest BCUT2D eigenvalue weighted by molar-refractivity contribution is 0.290. The maximum absolute atomic E-state index is 11.9. The number of rotatable bonds is 0. The highest BCUT2D eigenvalue weighted by Crippen LogP contribution is 2.61. The van der Waals surface area contributed by atoms with Crippen molar-refractivity contribution in [1.82, 2.24) is 0 Å². The predicted octanol–water partition coefficient (Wildman–Crippen LogP) is 1.38. The summed E-state index contributed by atoms with van der Waals surface area (Å²) in [6.07, 6.45) is 5.42. The molecule has 13 heavy (non-hydrogen) atoms. The average Bonchev–Trinajstić information content (AvgIpc) is 2.60. The Kier molecular flexibility index (Phi) is 1.16. The number of allylic oxidation sites excluding steroid dienone is 2. The first-order valence-corrected chi connectivity index (χ1v) is 6.42. The van der Waals surface area contributed by atoms with Gasteiger partial charge in [0.1, 0.15) is 0 Å². The number of hydrogen-bond acceptors (Lipinski definition) is 2. The van der Waals surface area contributed by atoms with Crippen molar-refractivity contribution >= 4 is 9.84 Å². The van der Waals surface area contributed by atoms with Crippen molar-refractivity contribution in [2.75, 3.05) is 0 Å². The molecule has 3 rings (SSSR count). The summed E-state index contributed by atoms with van der Waals surface area (Å²) in [5, 5.41) is -0.0301. The summed E-state index contributed by atoms with van der Waals surface area (Å²) in [5.74, 6) is 1.30. The van der Waals surface area contributed by atoms with E-state index in [1.807, 2.05) is 13.8 Å². The zero-order valence-electron chi connectivity index (χ0n) is 7.90. The van der Waals surface area contributed by atoms with Gasteiger partial charge in [-0.05, 0) is 32.1 Å². The van der Waals surface area contributed by atoms with E-state index < -0.39 is 14.6 Å². The van der Waals surface area contributed by atoms with E-state index in [4.69, 9.17) is 0 Å². The zero-order chi connectivity index (χ0) is 9.43. The molecule has 1 saturated heterocycles. The van der Waals surface area contributed by atoms with Crippen molar-refractivity contribution < 1.29 is 8.42 Å². The first kappa shape index (κ1) is 8.04. The monoisotopic (exact) mass is 198 g/mol. The van der Waals surface area contributed by atoms with Crippen molar-refractivity contribution in [2.24, 2.45) is 17.8 Å². The van der Waals surface area contributed by atoms with Crippen LogP contribution in [0, 0.1) is 17.8 Å². The summed E-state index contributed by atoms with van der Waals surface area (Å²) >= 11 is 0. The van der Waals surface area contributed by atoms with Crippen molar-refractivity contribution in [1.29, 1.82) is 0 Å². The molecule has 1 heterocycles. The molecule has 2 fully saturated rings. The van der Waals surface area contributed by atoms with Gasteiger partial charge in [-0.15, -0.1) is 0 Å². The molecular formula is C10H14O2S. The van der Waals surface area contributed by atoms with E-state index in [1.165, 1.54) is 0 Å². The lowest BCUT2D eigenvalue weighted by Crippen LogP contribution is -2.63. The quantitative estimate of drug-likeness (QED) is 0.551. The Balaban J connectivity index is 2.15. The van der Waals surface area contributed by atoms with E-state index in [0.717, 1.165) is 6.42 Å². The third kappa shape index (κ3) is 0.632. The van der Waals surface area contributed by atoms with Gasteiger partial charge in [0.2, 0.25) is 0 Å². The van der Waals surface area contributed by atoms with Crippen molar-refractivity contribution in [3.63, 3.8) is 0 Å². The molecule has 0 spiro atoms. The third-order valence-electron chi connectivity index (χ3n) is 4.28. The van der Waals surface area contributed by atoms with Crippen LogP contribution in [0.5, 0.6) is 0 Å². The molecular weight excluding hydrogens is 184 g/mol. The fraction of sp³-hybridized carbons (Fsp3) is 0.800.